The number of aryl methyl sites for hydroxylation is 1. The van der Waals surface area contributed by atoms with Crippen LogP contribution in [-0.4, -0.2) is 31.6 Å². The molecule has 1 aromatic heterocycles. The average Bonchev–Trinajstić information content (AvgIpc) is 2.98. The van der Waals surface area contributed by atoms with Crippen LogP contribution >= 0.6 is 11.3 Å². The van der Waals surface area contributed by atoms with Crippen LogP contribution in [0.4, 0.5) is 5.69 Å². The summed E-state index contributed by atoms with van der Waals surface area (Å²) in [7, 11) is -2.69. The lowest BCUT2D eigenvalue weighted by Gasteiger charge is -2.28. The number of sulfonamides is 1. The Morgan fingerprint density at radius 3 is 2.40 bits per heavy atom. The molecule has 1 aromatic carbocycles. The number of amides is 2. The van der Waals surface area contributed by atoms with Crippen molar-refractivity contribution in [2.45, 2.75) is 30.9 Å². The number of hydrogen-bond acceptors (Lipinski definition) is 5. The number of nitrogens with one attached hydrogen (secondary N) is 1. The molecule has 2 heterocycles. The van der Waals surface area contributed by atoms with E-state index in [0.29, 0.717) is 9.99 Å². The summed E-state index contributed by atoms with van der Waals surface area (Å²) in [4.78, 5) is 25.7. The Labute approximate surface area is 151 Å². The Bertz CT molecular complexity index is 889. The molecule has 1 atom stereocenters. The van der Waals surface area contributed by atoms with Gasteiger partial charge in [0.25, 0.3) is 15.9 Å². The van der Waals surface area contributed by atoms with Gasteiger partial charge in [-0.25, -0.2) is 12.7 Å². The number of hydrogen-bond donors (Lipinski definition) is 1. The summed E-state index contributed by atoms with van der Waals surface area (Å²) in [6.45, 7) is 5.75. The predicted molar refractivity (Wildman–Crippen MR) is 98.2 cm³/mol. The number of rotatable bonds is 2. The molecular weight excluding hydrogens is 360 g/mol. The van der Waals surface area contributed by atoms with Crippen molar-refractivity contribution >= 4 is 38.9 Å². The fourth-order valence-corrected chi connectivity index (χ4v) is 5.45. The van der Waals surface area contributed by atoms with Crippen molar-refractivity contribution in [3.05, 3.63) is 46.8 Å². The van der Waals surface area contributed by atoms with Crippen LogP contribution in [0.2, 0.25) is 0 Å². The van der Waals surface area contributed by atoms with Crippen molar-refractivity contribution in [2.24, 2.45) is 0 Å². The fourth-order valence-electron chi connectivity index (χ4n) is 2.46. The van der Waals surface area contributed by atoms with Crippen molar-refractivity contribution in [1.29, 1.82) is 0 Å². The van der Waals surface area contributed by atoms with E-state index in [2.05, 4.69) is 5.32 Å². The van der Waals surface area contributed by atoms with Crippen molar-refractivity contribution in [3.8, 4) is 0 Å². The number of nitrogens with zero attached hydrogens (tertiary/aromatic N) is 1. The first kappa shape index (κ1) is 19.1. The van der Waals surface area contributed by atoms with Gasteiger partial charge in [0.1, 0.15) is 10.1 Å². The largest absolute Gasteiger partial charge is 0.325 e. The van der Waals surface area contributed by atoms with E-state index in [-0.39, 0.29) is 9.77 Å². The molecule has 1 aliphatic heterocycles. The van der Waals surface area contributed by atoms with Gasteiger partial charge in [-0.15, -0.1) is 11.3 Å². The molecule has 0 aliphatic carbocycles. The van der Waals surface area contributed by atoms with E-state index < -0.39 is 27.8 Å². The maximum Gasteiger partial charge on any atom is 0.276 e. The first-order valence-electron chi connectivity index (χ1n) is 7.81. The minimum absolute atomic E-state index is 0.0605. The first-order valence-corrected chi connectivity index (χ1v) is 10.1. The third-order valence-corrected chi connectivity index (χ3v) is 6.96. The van der Waals surface area contributed by atoms with Gasteiger partial charge < -0.3 is 5.32 Å². The minimum Gasteiger partial charge on any atom is -0.325 e. The molecule has 0 bridgehead atoms. The third kappa shape index (κ3) is 3.45. The smallest absolute Gasteiger partial charge is 0.276 e. The molecule has 8 heteroatoms. The van der Waals surface area contributed by atoms with E-state index in [1.807, 2.05) is 19.9 Å². The van der Waals surface area contributed by atoms with Crippen LogP contribution in [0, 0.1) is 6.92 Å². The molecule has 0 radical (unpaired) electrons. The molecule has 1 unspecified atom stereocenters. The second-order valence-corrected chi connectivity index (χ2v) is 8.62. The molecule has 1 aliphatic rings. The Kier molecular flexibility index (Phi) is 5.64. The Balaban J connectivity index is 0.00000109. The van der Waals surface area contributed by atoms with E-state index in [9.17, 15) is 18.0 Å². The summed E-state index contributed by atoms with van der Waals surface area (Å²) < 4.78 is 25.4. The quantitative estimate of drug-likeness (QED) is 0.812. The van der Waals surface area contributed by atoms with E-state index in [4.69, 9.17) is 0 Å². The molecule has 3 rings (SSSR count). The summed E-state index contributed by atoms with van der Waals surface area (Å²) in [5.74, 6) is -2.45. The van der Waals surface area contributed by atoms with E-state index in [0.717, 1.165) is 16.2 Å². The van der Waals surface area contributed by atoms with Gasteiger partial charge in [-0.05, 0) is 25.1 Å². The highest BCUT2D eigenvalue weighted by Gasteiger charge is 2.45. The van der Waals surface area contributed by atoms with Crippen LogP contribution in [0.15, 0.2) is 40.6 Å². The zero-order chi connectivity index (χ0) is 18.8. The van der Waals surface area contributed by atoms with Crippen LogP contribution in [-0.2, 0) is 19.6 Å². The monoisotopic (exact) mass is 380 g/mol. The van der Waals surface area contributed by atoms with Crippen LogP contribution in [0.1, 0.15) is 30.2 Å². The number of likely N-dealkylation sites (N-methyl/N-ethyl adjacent to an activating group) is 1. The molecule has 2 aromatic rings. The number of fused-ring (bicyclic) bond motifs is 1. The second kappa shape index (κ2) is 7.37. The lowest BCUT2D eigenvalue weighted by atomic mass is 9.99. The van der Waals surface area contributed by atoms with E-state index in [1.165, 1.54) is 7.05 Å². The second-order valence-electron chi connectivity index (χ2n) is 5.20. The summed E-state index contributed by atoms with van der Waals surface area (Å²) in [5.41, 5.74) is 0.805. The molecule has 2 amide bonds. The lowest BCUT2D eigenvalue weighted by molar-refractivity contribution is -0.132. The van der Waals surface area contributed by atoms with E-state index >= 15 is 0 Å². The third-order valence-electron chi connectivity index (χ3n) is 3.61. The Morgan fingerprint density at radius 1 is 1.20 bits per heavy atom. The molecule has 6 nitrogen and oxygen atoms in total. The molecule has 25 heavy (non-hydrogen) atoms. The minimum atomic E-state index is -3.87. The van der Waals surface area contributed by atoms with Gasteiger partial charge in [0, 0.05) is 23.2 Å². The molecule has 0 saturated heterocycles. The topological polar surface area (TPSA) is 83.6 Å². The molecule has 0 fully saturated rings. The first-order chi connectivity index (χ1) is 11.8. The predicted octanol–water partition coefficient (Wildman–Crippen LogP) is 2.97. The highest BCUT2D eigenvalue weighted by molar-refractivity contribution is 7.92. The van der Waals surface area contributed by atoms with Gasteiger partial charge in [0.15, 0.2) is 0 Å². The molecular formula is C17H20N2O4S2. The standard InChI is InChI=1S/C15H14N2O4S2.C2H6/c1-9-8-11-12(13(18)16-10-6-4-3-5-7-10)14(19)17(2)23(20,21)15(11)22-9;1-2/h3-8,12H,1-2H3,(H,16,18);1-2H3. The molecule has 1 N–H and O–H groups in total. The number of carbonyl (C=O) groups excluding carboxylic acids is 2. The SMILES string of the molecule is CC.Cc1cc2c(s1)S(=O)(=O)N(C)C(=O)C2C(=O)Nc1ccccc1. The average molecular weight is 380 g/mol. The summed E-state index contributed by atoms with van der Waals surface area (Å²) in [5, 5.41) is 2.66. The zero-order valence-corrected chi connectivity index (χ0v) is 16.1. The Hall–Kier alpha value is -2.19. The number of benzene rings is 1. The summed E-state index contributed by atoms with van der Waals surface area (Å²) >= 11 is 1.07. The number of carbonyl (C=O) groups is 2. The van der Waals surface area contributed by atoms with Gasteiger partial charge in [-0.3, -0.25) is 9.59 Å². The lowest BCUT2D eigenvalue weighted by Crippen LogP contribution is -2.45. The van der Waals surface area contributed by atoms with Crippen molar-refractivity contribution in [3.63, 3.8) is 0 Å². The normalized spacial score (nSPS) is 18.0. The highest BCUT2D eigenvalue weighted by Crippen LogP contribution is 2.39. The number of para-hydroxylation sites is 1. The maximum atomic E-state index is 12.6. The Morgan fingerprint density at radius 2 is 1.80 bits per heavy atom. The van der Waals surface area contributed by atoms with Crippen LogP contribution in [0.25, 0.3) is 0 Å². The number of thiophene rings is 1. The highest BCUT2D eigenvalue weighted by atomic mass is 32.2. The van der Waals surface area contributed by atoms with Crippen LogP contribution < -0.4 is 5.32 Å². The van der Waals surface area contributed by atoms with Crippen LogP contribution in [0.3, 0.4) is 0 Å². The summed E-state index contributed by atoms with van der Waals surface area (Å²) in [6.07, 6.45) is 0. The van der Waals surface area contributed by atoms with Gasteiger partial charge in [-0.2, -0.15) is 0 Å². The summed E-state index contributed by atoms with van der Waals surface area (Å²) in [6, 6.07) is 10.3. The number of anilines is 1. The van der Waals surface area contributed by atoms with Gasteiger partial charge in [0.2, 0.25) is 5.91 Å². The van der Waals surface area contributed by atoms with Crippen LogP contribution in [0.5, 0.6) is 0 Å². The van der Waals surface area contributed by atoms with Crippen molar-refractivity contribution in [1.82, 2.24) is 4.31 Å². The molecule has 134 valence electrons. The fraction of sp³-hybridized carbons (Fsp3) is 0.294. The molecule has 0 spiro atoms. The van der Waals surface area contributed by atoms with Crippen molar-refractivity contribution < 1.29 is 18.0 Å². The molecule has 0 saturated carbocycles. The van der Waals surface area contributed by atoms with Crippen molar-refractivity contribution in [2.75, 3.05) is 12.4 Å². The van der Waals surface area contributed by atoms with Gasteiger partial charge in [0.05, 0.1) is 0 Å². The van der Waals surface area contributed by atoms with E-state index in [1.54, 1.807) is 37.3 Å². The van der Waals surface area contributed by atoms with Gasteiger partial charge in [-0.1, -0.05) is 32.0 Å². The van der Waals surface area contributed by atoms with Gasteiger partial charge >= 0.3 is 0 Å². The maximum absolute atomic E-state index is 12.6. The zero-order valence-electron chi connectivity index (χ0n) is 14.4.